The molecule has 18 heavy (non-hydrogen) atoms. The van der Waals surface area contributed by atoms with Crippen molar-refractivity contribution in [1.82, 2.24) is 0 Å². The van der Waals surface area contributed by atoms with E-state index in [4.69, 9.17) is 9.47 Å². The first-order valence-electron chi connectivity index (χ1n) is 5.66. The molecule has 0 spiro atoms. The van der Waals surface area contributed by atoms with Crippen molar-refractivity contribution < 1.29 is 19.5 Å². The average Bonchev–Trinajstić information content (AvgIpc) is 2.34. The zero-order valence-corrected chi connectivity index (χ0v) is 10.4. The number of aliphatic hydroxyl groups is 1. The third kappa shape index (κ3) is 5.11. The maximum absolute atomic E-state index is 10.5. The maximum atomic E-state index is 10.5. The minimum absolute atomic E-state index is 0.0356. The highest BCUT2D eigenvalue weighted by Gasteiger charge is 2.09. The molecule has 0 radical (unpaired) electrons. The topological polar surface area (TPSA) is 81.8 Å². The highest BCUT2D eigenvalue weighted by Crippen LogP contribution is 2.19. The zero-order chi connectivity index (χ0) is 13.5. The van der Waals surface area contributed by atoms with Crippen LogP contribution in [-0.2, 0) is 4.74 Å². The normalized spacial score (nSPS) is 12.4. The summed E-state index contributed by atoms with van der Waals surface area (Å²) < 4.78 is 10.5. The molecule has 0 saturated heterocycles. The second-order valence-electron chi connectivity index (χ2n) is 4.10. The molecule has 0 heterocycles. The van der Waals surface area contributed by atoms with Crippen LogP contribution in [0.25, 0.3) is 0 Å². The van der Waals surface area contributed by atoms with Gasteiger partial charge in [0.05, 0.1) is 23.7 Å². The quantitative estimate of drug-likeness (QED) is 0.593. The van der Waals surface area contributed by atoms with Gasteiger partial charge in [0.2, 0.25) is 0 Å². The Labute approximate surface area is 105 Å². The number of non-ortho nitro benzene ring substituents is 1. The average molecular weight is 255 g/mol. The largest absolute Gasteiger partial charge is 0.491 e. The lowest BCUT2D eigenvalue weighted by Crippen LogP contribution is -2.25. The fourth-order valence-electron chi connectivity index (χ4n) is 1.23. The van der Waals surface area contributed by atoms with Crippen molar-refractivity contribution in [3.05, 3.63) is 34.4 Å². The Morgan fingerprint density at radius 2 is 2.11 bits per heavy atom. The summed E-state index contributed by atoms with van der Waals surface area (Å²) in [5.41, 5.74) is -0.0413. The standard InChI is InChI=1S/C12H17NO5/c1-9(2)17-7-11(14)8-18-12-5-3-4-10(6-12)13(15)16/h3-6,9,11,14H,7-8H2,1-2H3. The molecule has 0 amide bonds. The van der Waals surface area contributed by atoms with Gasteiger partial charge in [-0.2, -0.15) is 0 Å². The van der Waals surface area contributed by atoms with E-state index in [0.29, 0.717) is 5.75 Å². The van der Waals surface area contributed by atoms with Gasteiger partial charge in [-0.25, -0.2) is 0 Å². The van der Waals surface area contributed by atoms with Gasteiger partial charge >= 0.3 is 0 Å². The minimum atomic E-state index is -0.758. The van der Waals surface area contributed by atoms with Crippen LogP contribution in [0.15, 0.2) is 24.3 Å². The Morgan fingerprint density at radius 3 is 2.72 bits per heavy atom. The van der Waals surface area contributed by atoms with Crippen LogP contribution < -0.4 is 4.74 Å². The second kappa shape index (κ2) is 6.93. The van der Waals surface area contributed by atoms with E-state index >= 15 is 0 Å². The molecule has 0 aliphatic rings. The van der Waals surface area contributed by atoms with Crippen LogP contribution in [0.4, 0.5) is 5.69 Å². The molecule has 1 atom stereocenters. The van der Waals surface area contributed by atoms with Crippen molar-refractivity contribution in [2.24, 2.45) is 0 Å². The summed E-state index contributed by atoms with van der Waals surface area (Å²) in [6.45, 7) is 3.95. The van der Waals surface area contributed by atoms with Gasteiger partial charge in [-0.1, -0.05) is 6.07 Å². The third-order valence-corrected chi connectivity index (χ3v) is 2.09. The molecule has 1 rings (SSSR count). The smallest absolute Gasteiger partial charge is 0.273 e. The first-order valence-corrected chi connectivity index (χ1v) is 5.66. The molecule has 0 aliphatic carbocycles. The summed E-state index contributed by atoms with van der Waals surface area (Å²) in [6.07, 6.45) is -0.718. The molecule has 1 aromatic carbocycles. The van der Waals surface area contributed by atoms with Crippen LogP contribution in [0.3, 0.4) is 0 Å². The van der Waals surface area contributed by atoms with Gasteiger partial charge in [0, 0.05) is 6.07 Å². The second-order valence-corrected chi connectivity index (χ2v) is 4.10. The van der Waals surface area contributed by atoms with Gasteiger partial charge in [-0.3, -0.25) is 10.1 Å². The molecule has 6 nitrogen and oxygen atoms in total. The van der Waals surface area contributed by atoms with Crippen LogP contribution in [0.2, 0.25) is 0 Å². The predicted molar refractivity (Wildman–Crippen MR) is 65.7 cm³/mol. The minimum Gasteiger partial charge on any atom is -0.491 e. The molecule has 1 aromatic rings. The maximum Gasteiger partial charge on any atom is 0.273 e. The van der Waals surface area contributed by atoms with E-state index in [1.807, 2.05) is 13.8 Å². The van der Waals surface area contributed by atoms with Gasteiger partial charge in [-0.15, -0.1) is 0 Å². The van der Waals surface area contributed by atoms with Crippen molar-refractivity contribution in [3.8, 4) is 5.75 Å². The van der Waals surface area contributed by atoms with E-state index in [1.54, 1.807) is 6.07 Å². The highest BCUT2D eigenvalue weighted by atomic mass is 16.6. The number of hydrogen-bond acceptors (Lipinski definition) is 5. The van der Waals surface area contributed by atoms with Crippen LogP contribution >= 0.6 is 0 Å². The fourth-order valence-corrected chi connectivity index (χ4v) is 1.23. The molecular weight excluding hydrogens is 238 g/mol. The van der Waals surface area contributed by atoms with Crippen molar-refractivity contribution in [2.45, 2.75) is 26.1 Å². The number of nitro groups is 1. The molecular formula is C12H17NO5. The summed E-state index contributed by atoms with van der Waals surface area (Å²) in [5.74, 6) is 0.354. The van der Waals surface area contributed by atoms with E-state index < -0.39 is 11.0 Å². The Morgan fingerprint density at radius 1 is 1.39 bits per heavy atom. The number of rotatable bonds is 7. The molecule has 1 unspecified atom stereocenters. The third-order valence-electron chi connectivity index (χ3n) is 2.09. The summed E-state index contributed by atoms with van der Waals surface area (Å²) >= 11 is 0. The van der Waals surface area contributed by atoms with E-state index in [9.17, 15) is 15.2 Å². The van der Waals surface area contributed by atoms with Crippen LogP contribution in [-0.4, -0.2) is 35.5 Å². The molecule has 0 aromatic heterocycles. The van der Waals surface area contributed by atoms with Gasteiger partial charge in [-0.05, 0) is 19.9 Å². The van der Waals surface area contributed by atoms with Gasteiger partial charge in [0.15, 0.2) is 0 Å². The van der Waals surface area contributed by atoms with E-state index in [2.05, 4.69) is 0 Å². The van der Waals surface area contributed by atoms with E-state index in [1.165, 1.54) is 18.2 Å². The lowest BCUT2D eigenvalue weighted by Gasteiger charge is -2.14. The number of hydrogen-bond donors (Lipinski definition) is 1. The molecule has 6 heteroatoms. The molecule has 0 aliphatic heterocycles. The number of nitrogens with zero attached hydrogens (tertiary/aromatic N) is 1. The van der Waals surface area contributed by atoms with Crippen molar-refractivity contribution >= 4 is 5.69 Å². The Balaban J connectivity index is 2.43. The molecule has 0 saturated carbocycles. The fraction of sp³-hybridized carbons (Fsp3) is 0.500. The highest BCUT2D eigenvalue weighted by molar-refractivity contribution is 5.37. The first kappa shape index (κ1) is 14.4. The van der Waals surface area contributed by atoms with Crippen molar-refractivity contribution in [3.63, 3.8) is 0 Å². The van der Waals surface area contributed by atoms with Crippen LogP contribution in [0, 0.1) is 10.1 Å². The zero-order valence-electron chi connectivity index (χ0n) is 10.4. The lowest BCUT2D eigenvalue weighted by molar-refractivity contribution is -0.384. The Hall–Kier alpha value is -1.66. The Bertz CT molecular complexity index is 394. The summed E-state index contributed by atoms with van der Waals surface area (Å²) in [6, 6.07) is 5.83. The number of benzene rings is 1. The number of ether oxygens (including phenoxy) is 2. The summed E-state index contributed by atoms with van der Waals surface area (Å²) in [7, 11) is 0. The monoisotopic (exact) mass is 255 g/mol. The number of aliphatic hydroxyl groups excluding tert-OH is 1. The van der Waals surface area contributed by atoms with Crippen LogP contribution in [0.5, 0.6) is 5.75 Å². The van der Waals surface area contributed by atoms with Crippen molar-refractivity contribution in [2.75, 3.05) is 13.2 Å². The Kier molecular flexibility index (Phi) is 5.54. The van der Waals surface area contributed by atoms with Crippen molar-refractivity contribution in [1.29, 1.82) is 0 Å². The lowest BCUT2D eigenvalue weighted by atomic mass is 10.3. The summed E-state index contributed by atoms with van der Waals surface area (Å²) in [5, 5.41) is 20.1. The first-order chi connectivity index (χ1) is 8.49. The van der Waals surface area contributed by atoms with E-state index in [0.717, 1.165) is 0 Å². The number of nitro benzene ring substituents is 1. The van der Waals surface area contributed by atoms with Crippen LogP contribution in [0.1, 0.15) is 13.8 Å². The van der Waals surface area contributed by atoms with Gasteiger partial charge in [0.25, 0.3) is 5.69 Å². The molecule has 100 valence electrons. The van der Waals surface area contributed by atoms with Gasteiger partial charge < -0.3 is 14.6 Å². The molecule has 1 N–H and O–H groups in total. The predicted octanol–water partition coefficient (Wildman–Crippen LogP) is 1.76. The van der Waals surface area contributed by atoms with E-state index in [-0.39, 0.29) is 25.0 Å². The van der Waals surface area contributed by atoms with Gasteiger partial charge in [0.1, 0.15) is 18.5 Å². The molecule has 0 bridgehead atoms. The summed E-state index contributed by atoms with van der Waals surface area (Å²) in [4.78, 5) is 10.1. The SMILES string of the molecule is CC(C)OCC(O)COc1cccc([N+](=O)[O-])c1. The molecule has 0 fully saturated rings.